The number of aromatic amines is 1. The Kier molecular flexibility index (Phi) is 5.71. The predicted molar refractivity (Wildman–Crippen MR) is 94.1 cm³/mol. The van der Waals surface area contributed by atoms with E-state index in [0.717, 1.165) is 6.07 Å². The van der Waals surface area contributed by atoms with Crippen LogP contribution in [0.4, 0.5) is 19.0 Å². The topological polar surface area (TPSA) is 87.2 Å². The summed E-state index contributed by atoms with van der Waals surface area (Å²) in [6.45, 7) is 6.31. The summed E-state index contributed by atoms with van der Waals surface area (Å²) < 4.78 is 43.5. The zero-order valence-electron chi connectivity index (χ0n) is 15.5. The van der Waals surface area contributed by atoms with E-state index in [9.17, 15) is 18.0 Å². The highest BCUT2D eigenvalue weighted by molar-refractivity contribution is 5.92. The molecule has 8 nitrogen and oxygen atoms in total. The molecule has 152 valence electrons. The Balaban J connectivity index is 1.59. The molecule has 3 heterocycles. The number of nitrogens with one attached hydrogen (secondary N) is 1. The molecule has 0 saturated carbocycles. The molecule has 1 amide bonds. The normalized spacial score (nSPS) is 15.2. The molecule has 0 atom stereocenters. The fourth-order valence-corrected chi connectivity index (χ4v) is 2.72. The second-order valence-electron chi connectivity index (χ2n) is 6.86. The number of nitrogens with zero attached hydrogens (tertiary/aromatic N) is 5. The highest BCUT2D eigenvalue weighted by atomic mass is 19.4. The molecule has 0 radical (unpaired) electrons. The highest BCUT2D eigenvalue weighted by Gasteiger charge is 2.35. The smallest absolute Gasteiger partial charge is 0.435 e. The third-order valence-electron chi connectivity index (χ3n) is 4.18. The zero-order valence-corrected chi connectivity index (χ0v) is 15.5. The number of alkyl halides is 3. The summed E-state index contributed by atoms with van der Waals surface area (Å²) in [6.07, 6.45) is -3.16. The van der Waals surface area contributed by atoms with E-state index in [2.05, 4.69) is 20.2 Å². The molecule has 1 fully saturated rings. The minimum absolute atomic E-state index is 0.174. The third kappa shape index (κ3) is 4.70. The summed E-state index contributed by atoms with van der Waals surface area (Å²) in [5.74, 6) is 1.02. The molecule has 3 rings (SSSR count). The van der Waals surface area contributed by atoms with Crippen molar-refractivity contribution in [3.63, 3.8) is 0 Å². The van der Waals surface area contributed by atoms with Crippen molar-refractivity contribution in [2.24, 2.45) is 5.92 Å². The number of carbonyl (C=O) groups is 1. The molecule has 0 aliphatic carbocycles. The molecule has 1 aliphatic heterocycles. The van der Waals surface area contributed by atoms with Gasteiger partial charge in [-0.1, -0.05) is 13.8 Å². The first-order valence-corrected chi connectivity index (χ1v) is 8.85. The fraction of sp³-hybridized carbons (Fsp3) is 0.529. The molecule has 28 heavy (non-hydrogen) atoms. The summed E-state index contributed by atoms with van der Waals surface area (Å²) in [4.78, 5) is 24.2. The minimum atomic E-state index is -4.59. The minimum Gasteiger partial charge on any atom is -0.477 e. The van der Waals surface area contributed by atoms with Crippen LogP contribution in [0.1, 0.15) is 30.0 Å². The standard InChI is InChI=1S/C17H21F3N6O2/c1-11(2)9-28-15-8-14(21-10-22-15)25-3-5-26(6-4-25)16(27)12-7-13(24-23-12)17(18,19)20/h7-8,10-11H,3-6,9H2,1-2H3,(H,23,24). The van der Waals surface area contributed by atoms with Crippen LogP contribution >= 0.6 is 0 Å². The van der Waals surface area contributed by atoms with E-state index in [-0.39, 0.29) is 5.69 Å². The van der Waals surface area contributed by atoms with Gasteiger partial charge in [0.25, 0.3) is 5.91 Å². The van der Waals surface area contributed by atoms with Gasteiger partial charge in [-0.2, -0.15) is 18.3 Å². The van der Waals surface area contributed by atoms with Crippen LogP contribution in [0.5, 0.6) is 5.88 Å². The Hall–Kier alpha value is -2.85. The number of aromatic nitrogens is 4. The first-order valence-electron chi connectivity index (χ1n) is 8.85. The lowest BCUT2D eigenvalue weighted by atomic mass is 10.2. The van der Waals surface area contributed by atoms with Crippen molar-refractivity contribution in [1.29, 1.82) is 0 Å². The van der Waals surface area contributed by atoms with Gasteiger partial charge in [0, 0.05) is 38.3 Å². The van der Waals surface area contributed by atoms with Crippen molar-refractivity contribution in [1.82, 2.24) is 25.1 Å². The van der Waals surface area contributed by atoms with Crippen molar-refractivity contribution in [2.75, 3.05) is 37.7 Å². The maximum atomic E-state index is 12.6. The van der Waals surface area contributed by atoms with Crippen molar-refractivity contribution in [3.8, 4) is 5.88 Å². The zero-order chi connectivity index (χ0) is 20.3. The Morgan fingerprint density at radius 2 is 1.93 bits per heavy atom. The lowest BCUT2D eigenvalue weighted by molar-refractivity contribution is -0.141. The van der Waals surface area contributed by atoms with Crippen molar-refractivity contribution in [2.45, 2.75) is 20.0 Å². The van der Waals surface area contributed by atoms with Gasteiger partial charge in [0.15, 0.2) is 5.69 Å². The van der Waals surface area contributed by atoms with Crippen molar-refractivity contribution in [3.05, 3.63) is 29.8 Å². The molecule has 1 aliphatic rings. The number of halogens is 3. The maximum Gasteiger partial charge on any atom is 0.435 e. The quantitative estimate of drug-likeness (QED) is 0.831. The lowest BCUT2D eigenvalue weighted by Crippen LogP contribution is -2.49. The number of ether oxygens (including phenoxy) is 1. The molecule has 0 bridgehead atoms. The van der Waals surface area contributed by atoms with Crippen LogP contribution in [0, 0.1) is 5.92 Å². The number of carbonyl (C=O) groups excluding carboxylic acids is 1. The van der Waals surface area contributed by atoms with E-state index >= 15 is 0 Å². The van der Waals surface area contributed by atoms with Gasteiger partial charge < -0.3 is 14.5 Å². The van der Waals surface area contributed by atoms with Crippen LogP contribution in [-0.2, 0) is 6.18 Å². The second kappa shape index (κ2) is 8.03. The number of amides is 1. The van der Waals surface area contributed by atoms with Gasteiger partial charge in [0.05, 0.1) is 6.61 Å². The molecular weight excluding hydrogens is 377 g/mol. The summed E-state index contributed by atoms with van der Waals surface area (Å²) in [6, 6.07) is 2.47. The summed E-state index contributed by atoms with van der Waals surface area (Å²) in [5, 5.41) is 5.34. The van der Waals surface area contributed by atoms with Gasteiger partial charge in [-0.3, -0.25) is 9.89 Å². The van der Waals surface area contributed by atoms with E-state index in [1.54, 1.807) is 6.07 Å². The van der Waals surface area contributed by atoms with Gasteiger partial charge in [0.1, 0.15) is 17.8 Å². The van der Waals surface area contributed by atoms with E-state index in [0.29, 0.717) is 50.4 Å². The second-order valence-corrected chi connectivity index (χ2v) is 6.86. The Morgan fingerprint density at radius 3 is 2.54 bits per heavy atom. The van der Waals surface area contributed by atoms with Gasteiger partial charge in [-0.15, -0.1) is 0 Å². The Morgan fingerprint density at radius 1 is 1.21 bits per heavy atom. The predicted octanol–water partition coefficient (Wildman–Crippen LogP) is 2.22. The number of H-pyrrole nitrogens is 1. The molecule has 2 aromatic rings. The monoisotopic (exact) mass is 398 g/mol. The van der Waals surface area contributed by atoms with E-state index in [1.807, 2.05) is 18.7 Å². The average molecular weight is 398 g/mol. The largest absolute Gasteiger partial charge is 0.477 e. The third-order valence-corrected chi connectivity index (χ3v) is 4.18. The molecule has 0 unspecified atom stereocenters. The molecule has 1 saturated heterocycles. The average Bonchev–Trinajstić information content (AvgIpc) is 3.17. The van der Waals surface area contributed by atoms with Gasteiger partial charge >= 0.3 is 6.18 Å². The van der Waals surface area contributed by atoms with Crippen molar-refractivity contribution < 1.29 is 22.7 Å². The molecule has 11 heteroatoms. The van der Waals surface area contributed by atoms with E-state index < -0.39 is 17.8 Å². The van der Waals surface area contributed by atoms with Gasteiger partial charge in [0.2, 0.25) is 5.88 Å². The van der Waals surface area contributed by atoms with Gasteiger partial charge in [-0.05, 0) is 5.92 Å². The van der Waals surface area contributed by atoms with E-state index in [4.69, 9.17) is 4.74 Å². The van der Waals surface area contributed by atoms with Crippen LogP contribution in [0.2, 0.25) is 0 Å². The summed E-state index contributed by atoms with van der Waals surface area (Å²) in [5.41, 5.74) is -1.28. The molecule has 1 N–H and O–H groups in total. The molecule has 2 aromatic heterocycles. The van der Waals surface area contributed by atoms with Crippen molar-refractivity contribution >= 4 is 11.7 Å². The van der Waals surface area contributed by atoms with Crippen LogP contribution in [0.25, 0.3) is 0 Å². The number of hydrogen-bond acceptors (Lipinski definition) is 6. The SMILES string of the molecule is CC(C)COc1cc(N2CCN(C(=O)c3cc(C(F)(F)F)n[nH]3)CC2)ncn1. The first kappa shape index (κ1) is 19.9. The highest BCUT2D eigenvalue weighted by Crippen LogP contribution is 2.28. The maximum absolute atomic E-state index is 12.6. The van der Waals surface area contributed by atoms with Gasteiger partial charge in [-0.25, -0.2) is 9.97 Å². The Bertz CT molecular complexity index is 815. The summed E-state index contributed by atoms with van der Waals surface area (Å²) >= 11 is 0. The number of rotatable bonds is 5. The fourth-order valence-electron chi connectivity index (χ4n) is 2.72. The lowest BCUT2D eigenvalue weighted by Gasteiger charge is -2.35. The number of piperazine rings is 1. The van der Waals surface area contributed by atoms with E-state index in [1.165, 1.54) is 11.2 Å². The number of anilines is 1. The van der Waals surface area contributed by atoms with Crippen LogP contribution in [-0.4, -0.2) is 63.8 Å². The first-order chi connectivity index (χ1) is 13.2. The summed E-state index contributed by atoms with van der Waals surface area (Å²) in [7, 11) is 0. The van der Waals surface area contributed by atoms with Crippen LogP contribution in [0.15, 0.2) is 18.5 Å². The number of hydrogen-bond donors (Lipinski definition) is 1. The van der Waals surface area contributed by atoms with Crippen LogP contribution in [0.3, 0.4) is 0 Å². The Labute approximate surface area is 159 Å². The molecular formula is C17H21F3N6O2. The molecule has 0 spiro atoms. The van der Waals surface area contributed by atoms with Crippen LogP contribution < -0.4 is 9.64 Å². The molecule has 0 aromatic carbocycles.